The highest BCUT2D eigenvalue weighted by Gasteiger charge is 2.09. The fraction of sp³-hybridized carbons (Fsp3) is 0.174. The lowest BCUT2D eigenvalue weighted by molar-refractivity contribution is -0.113. The van der Waals surface area contributed by atoms with Gasteiger partial charge in [-0.05, 0) is 47.0 Å². The molecule has 1 aromatic heterocycles. The topological polar surface area (TPSA) is 79.9 Å². The molecule has 1 heterocycles. The van der Waals surface area contributed by atoms with Crippen LogP contribution in [0.1, 0.15) is 18.3 Å². The number of anilines is 1. The van der Waals surface area contributed by atoms with Crippen LogP contribution in [-0.4, -0.2) is 26.8 Å². The zero-order valence-corrected chi connectivity index (χ0v) is 17.4. The number of carbonyl (C=O) groups is 1. The second-order valence-electron chi connectivity index (χ2n) is 6.75. The summed E-state index contributed by atoms with van der Waals surface area (Å²) in [6.07, 6.45) is 0.997. The number of aromatic nitrogens is 3. The largest absolute Gasteiger partial charge is 0.486 e. The minimum absolute atomic E-state index is 0.103. The van der Waals surface area contributed by atoms with Gasteiger partial charge in [-0.25, -0.2) is 4.98 Å². The van der Waals surface area contributed by atoms with Crippen molar-refractivity contribution in [3.05, 3.63) is 78.1 Å². The van der Waals surface area contributed by atoms with Gasteiger partial charge >= 0.3 is 0 Å². The number of hydrogen-bond acceptors (Lipinski definition) is 5. The summed E-state index contributed by atoms with van der Waals surface area (Å²) in [4.78, 5) is 16.6. The first-order chi connectivity index (χ1) is 14.7. The van der Waals surface area contributed by atoms with Crippen molar-refractivity contribution in [2.75, 3.05) is 11.1 Å². The summed E-state index contributed by atoms with van der Waals surface area (Å²) in [6.45, 7) is 2.41. The number of fused-ring (bicyclic) bond motifs is 1. The number of nitrogens with zero attached hydrogens (tertiary/aromatic N) is 2. The van der Waals surface area contributed by atoms with Crippen molar-refractivity contribution in [1.29, 1.82) is 0 Å². The van der Waals surface area contributed by atoms with Crippen LogP contribution in [0.3, 0.4) is 0 Å². The summed E-state index contributed by atoms with van der Waals surface area (Å²) in [6, 6.07) is 21.9. The number of aryl methyl sites for hydroxylation is 1. The van der Waals surface area contributed by atoms with E-state index in [0.29, 0.717) is 17.6 Å². The van der Waals surface area contributed by atoms with Crippen LogP contribution in [0.4, 0.5) is 5.69 Å². The zero-order chi connectivity index (χ0) is 20.8. The van der Waals surface area contributed by atoms with Gasteiger partial charge in [-0.2, -0.15) is 0 Å². The number of benzene rings is 3. The van der Waals surface area contributed by atoms with Crippen LogP contribution in [0.15, 0.2) is 71.9 Å². The summed E-state index contributed by atoms with van der Waals surface area (Å²) >= 11 is 1.28. The zero-order valence-electron chi connectivity index (χ0n) is 16.6. The van der Waals surface area contributed by atoms with Gasteiger partial charge in [0.1, 0.15) is 12.4 Å². The van der Waals surface area contributed by atoms with Crippen LogP contribution < -0.4 is 10.1 Å². The number of H-pyrrole nitrogens is 1. The van der Waals surface area contributed by atoms with Crippen molar-refractivity contribution in [2.24, 2.45) is 0 Å². The smallest absolute Gasteiger partial charge is 0.234 e. The number of nitrogens with one attached hydrogen (secondary N) is 2. The van der Waals surface area contributed by atoms with Gasteiger partial charge in [0.25, 0.3) is 0 Å². The monoisotopic (exact) mass is 418 g/mol. The van der Waals surface area contributed by atoms with E-state index >= 15 is 0 Å². The van der Waals surface area contributed by atoms with Crippen LogP contribution in [-0.2, 0) is 17.8 Å². The molecule has 4 aromatic rings. The minimum Gasteiger partial charge on any atom is -0.486 e. The Hall–Kier alpha value is -3.32. The van der Waals surface area contributed by atoms with E-state index in [4.69, 9.17) is 4.74 Å². The lowest BCUT2D eigenvalue weighted by Gasteiger charge is -2.06. The van der Waals surface area contributed by atoms with Gasteiger partial charge in [0.15, 0.2) is 5.82 Å². The maximum Gasteiger partial charge on any atom is 0.234 e. The first-order valence-electron chi connectivity index (χ1n) is 9.74. The Morgan fingerprint density at radius 2 is 1.87 bits per heavy atom. The van der Waals surface area contributed by atoms with E-state index in [1.54, 1.807) is 0 Å². The Kier molecular flexibility index (Phi) is 6.29. The molecule has 0 atom stereocenters. The first-order valence-corrected chi connectivity index (χ1v) is 10.7. The third-order valence-corrected chi connectivity index (χ3v) is 5.43. The Bertz CT molecular complexity index is 1140. The highest BCUT2D eigenvalue weighted by atomic mass is 32.2. The van der Waals surface area contributed by atoms with E-state index < -0.39 is 0 Å². The number of thioether (sulfide) groups is 1. The average molecular weight is 419 g/mol. The second-order valence-corrected chi connectivity index (χ2v) is 7.69. The third kappa shape index (κ3) is 5.18. The molecule has 4 rings (SSSR count). The van der Waals surface area contributed by atoms with Crippen molar-refractivity contribution < 1.29 is 9.53 Å². The molecule has 0 saturated carbocycles. The van der Waals surface area contributed by atoms with Crippen LogP contribution in [0.5, 0.6) is 5.75 Å². The van der Waals surface area contributed by atoms with Gasteiger partial charge in [-0.1, -0.05) is 61.2 Å². The van der Waals surface area contributed by atoms with Crippen molar-refractivity contribution >= 4 is 34.1 Å². The van der Waals surface area contributed by atoms with Gasteiger partial charge in [0, 0.05) is 5.69 Å². The van der Waals surface area contributed by atoms with Gasteiger partial charge < -0.3 is 10.1 Å². The van der Waals surface area contributed by atoms with E-state index in [0.717, 1.165) is 28.6 Å². The number of rotatable bonds is 8. The Morgan fingerprint density at radius 3 is 2.67 bits per heavy atom. The molecule has 0 aliphatic carbocycles. The summed E-state index contributed by atoms with van der Waals surface area (Å²) < 4.78 is 5.72. The molecule has 152 valence electrons. The molecular formula is C23H22N4O2S. The van der Waals surface area contributed by atoms with Crippen molar-refractivity contribution in [1.82, 2.24) is 15.2 Å². The quantitative estimate of drug-likeness (QED) is 0.401. The summed E-state index contributed by atoms with van der Waals surface area (Å²) in [7, 11) is 0. The Labute approximate surface area is 179 Å². The predicted molar refractivity (Wildman–Crippen MR) is 120 cm³/mol. The number of carbonyl (C=O) groups excluding carboxylic acids is 1. The van der Waals surface area contributed by atoms with Crippen molar-refractivity contribution in [3.8, 4) is 5.75 Å². The van der Waals surface area contributed by atoms with Gasteiger partial charge in [-0.3, -0.25) is 9.89 Å². The Balaban J connectivity index is 1.26. The standard InChI is InChI=1S/C23H22N4O2S/c1-2-16-7-11-20(12-8-16)29-14-21-25-23(27-26-21)30-15-22(28)24-19-10-9-17-5-3-4-6-18(17)13-19/h3-13H,2,14-15H2,1H3,(H,24,28)(H,25,26,27). The third-order valence-electron chi connectivity index (χ3n) is 4.58. The molecule has 0 aliphatic rings. The van der Waals surface area contributed by atoms with E-state index in [-0.39, 0.29) is 11.7 Å². The highest BCUT2D eigenvalue weighted by Crippen LogP contribution is 2.20. The highest BCUT2D eigenvalue weighted by molar-refractivity contribution is 7.99. The van der Waals surface area contributed by atoms with Gasteiger partial charge in [0.2, 0.25) is 11.1 Å². The molecule has 0 bridgehead atoms. The fourth-order valence-electron chi connectivity index (χ4n) is 2.97. The molecule has 6 nitrogen and oxygen atoms in total. The Morgan fingerprint density at radius 1 is 1.07 bits per heavy atom. The van der Waals surface area contributed by atoms with E-state index in [1.165, 1.54) is 17.3 Å². The minimum atomic E-state index is -0.103. The second kappa shape index (κ2) is 9.45. The normalized spacial score (nSPS) is 10.8. The van der Waals surface area contributed by atoms with E-state index in [2.05, 4.69) is 27.4 Å². The molecule has 30 heavy (non-hydrogen) atoms. The molecule has 0 aliphatic heterocycles. The molecule has 0 spiro atoms. The number of amides is 1. The molecule has 3 aromatic carbocycles. The van der Waals surface area contributed by atoms with Crippen LogP contribution in [0, 0.1) is 0 Å². The number of aromatic amines is 1. The van der Waals surface area contributed by atoms with Gasteiger partial charge in [-0.15, -0.1) is 5.10 Å². The van der Waals surface area contributed by atoms with E-state index in [1.807, 2.05) is 66.7 Å². The SMILES string of the molecule is CCc1ccc(OCc2nc(SCC(=O)Nc3ccc4ccccc4c3)n[nH]2)cc1. The molecule has 1 amide bonds. The number of hydrogen-bond donors (Lipinski definition) is 2. The predicted octanol–water partition coefficient (Wildman–Crippen LogP) is 4.83. The molecular weight excluding hydrogens is 396 g/mol. The summed E-state index contributed by atoms with van der Waals surface area (Å²) in [5, 5.41) is 12.7. The van der Waals surface area contributed by atoms with Crippen molar-refractivity contribution in [2.45, 2.75) is 25.1 Å². The average Bonchev–Trinajstić information content (AvgIpc) is 3.24. The van der Waals surface area contributed by atoms with Crippen molar-refractivity contribution in [3.63, 3.8) is 0 Å². The fourth-order valence-corrected chi connectivity index (χ4v) is 3.59. The van der Waals surface area contributed by atoms with Crippen LogP contribution in [0.2, 0.25) is 0 Å². The summed E-state index contributed by atoms with van der Waals surface area (Å²) in [5.74, 6) is 1.53. The first kappa shape index (κ1) is 20.0. The molecule has 2 N–H and O–H groups in total. The van der Waals surface area contributed by atoms with E-state index in [9.17, 15) is 4.79 Å². The number of ether oxygens (including phenoxy) is 1. The maximum atomic E-state index is 12.3. The molecule has 0 radical (unpaired) electrons. The molecule has 7 heteroatoms. The van der Waals surface area contributed by atoms with Gasteiger partial charge in [0.05, 0.1) is 5.75 Å². The lowest BCUT2D eigenvalue weighted by atomic mass is 10.1. The summed E-state index contributed by atoms with van der Waals surface area (Å²) in [5.41, 5.74) is 2.04. The molecule has 0 unspecified atom stereocenters. The van der Waals surface area contributed by atoms with Crippen LogP contribution in [0.25, 0.3) is 10.8 Å². The lowest BCUT2D eigenvalue weighted by Crippen LogP contribution is -2.14. The molecule has 0 fully saturated rings. The maximum absolute atomic E-state index is 12.3. The molecule has 0 saturated heterocycles. The van der Waals surface area contributed by atoms with Crippen LogP contribution >= 0.6 is 11.8 Å².